The molecule has 0 saturated heterocycles. The summed E-state index contributed by atoms with van der Waals surface area (Å²) in [6.45, 7) is 2.69. The van der Waals surface area contributed by atoms with E-state index >= 15 is 0 Å². The molecule has 0 fully saturated rings. The van der Waals surface area contributed by atoms with E-state index in [9.17, 15) is 0 Å². The van der Waals surface area contributed by atoms with Gasteiger partial charge < -0.3 is 5.41 Å². The smallest absolute Gasteiger partial charge is 0.0821 e. The summed E-state index contributed by atoms with van der Waals surface area (Å²) in [5.74, 6) is 0. The van der Waals surface area contributed by atoms with Crippen molar-refractivity contribution in [1.29, 1.82) is 5.41 Å². The van der Waals surface area contributed by atoms with Gasteiger partial charge in [0.2, 0.25) is 0 Å². The third-order valence-corrected chi connectivity index (χ3v) is 1.53. The summed E-state index contributed by atoms with van der Waals surface area (Å²) in [5.41, 5.74) is 1.76. The molecule has 0 unspecified atom stereocenters. The van der Waals surface area contributed by atoms with Crippen LogP contribution in [0.15, 0.2) is 35.3 Å². The van der Waals surface area contributed by atoms with Crippen LogP contribution in [0.1, 0.15) is 12.5 Å². The van der Waals surface area contributed by atoms with E-state index in [0.29, 0.717) is 0 Å². The zero-order valence-electron chi connectivity index (χ0n) is 7.12. The van der Waals surface area contributed by atoms with Gasteiger partial charge in [0.05, 0.1) is 5.71 Å². The zero-order valence-corrected chi connectivity index (χ0v) is 7.12. The summed E-state index contributed by atoms with van der Waals surface area (Å²) < 4.78 is 0. The van der Waals surface area contributed by atoms with E-state index in [1.54, 1.807) is 0 Å². The van der Waals surface area contributed by atoms with Gasteiger partial charge in [0.25, 0.3) is 0 Å². The number of nitrogens with zero attached hydrogens (tertiary/aromatic N) is 1. The summed E-state index contributed by atoms with van der Waals surface area (Å²) in [4.78, 5) is 4.19. The number of hydrogen-bond donors (Lipinski definition) is 1. The number of hydrogen-bond acceptors (Lipinski definition) is 2. The first kappa shape index (κ1) is 8.65. The summed E-state index contributed by atoms with van der Waals surface area (Å²) in [7, 11) is 0. The van der Waals surface area contributed by atoms with Crippen molar-refractivity contribution in [3.05, 3.63) is 35.9 Å². The summed E-state index contributed by atoms with van der Waals surface area (Å²) in [6.07, 6.45) is 1.29. The Kier molecular flexibility index (Phi) is 3.20. The maximum atomic E-state index is 7.14. The third kappa shape index (κ3) is 2.02. The first-order valence-corrected chi connectivity index (χ1v) is 3.98. The van der Waals surface area contributed by atoms with E-state index in [-0.39, 0.29) is 0 Å². The Balaban J connectivity index is 2.96. The van der Waals surface area contributed by atoms with E-state index in [1.807, 2.05) is 37.3 Å². The predicted molar refractivity (Wildman–Crippen MR) is 52.3 cm³/mol. The van der Waals surface area contributed by atoms with Gasteiger partial charge in [0, 0.05) is 18.3 Å². The van der Waals surface area contributed by atoms with Crippen LogP contribution >= 0.6 is 0 Å². The summed E-state index contributed by atoms with van der Waals surface area (Å²) in [5, 5.41) is 7.14. The Morgan fingerprint density at radius 3 is 2.58 bits per heavy atom. The Labute approximate surface area is 72.5 Å². The highest BCUT2D eigenvalue weighted by Crippen LogP contribution is 1.99. The number of benzene rings is 1. The van der Waals surface area contributed by atoms with Crippen LogP contribution in [0.5, 0.6) is 0 Å². The van der Waals surface area contributed by atoms with Crippen molar-refractivity contribution in [1.82, 2.24) is 0 Å². The number of nitrogens with one attached hydrogen (secondary N) is 1. The molecule has 12 heavy (non-hydrogen) atoms. The van der Waals surface area contributed by atoms with Crippen LogP contribution in [0.25, 0.3) is 0 Å². The van der Waals surface area contributed by atoms with Crippen LogP contribution in [0.3, 0.4) is 0 Å². The number of aliphatic imine (C=N–C) groups is 1. The van der Waals surface area contributed by atoms with Gasteiger partial charge in [-0.25, -0.2) is 0 Å². The zero-order chi connectivity index (χ0) is 8.81. The van der Waals surface area contributed by atoms with Crippen molar-refractivity contribution < 1.29 is 0 Å². The van der Waals surface area contributed by atoms with Crippen molar-refractivity contribution in [3.8, 4) is 0 Å². The number of rotatable bonds is 3. The minimum atomic E-state index is 0.722. The molecule has 0 aliphatic heterocycles. The molecule has 0 amide bonds. The molecule has 0 bridgehead atoms. The first-order valence-electron chi connectivity index (χ1n) is 3.98. The Bertz CT molecular complexity index is 275. The molecule has 0 aromatic heterocycles. The third-order valence-electron chi connectivity index (χ3n) is 1.53. The molecule has 0 saturated carbocycles. The fraction of sp³-hybridized carbons (Fsp3) is 0.200. The van der Waals surface area contributed by atoms with Gasteiger partial charge in [-0.15, -0.1) is 0 Å². The lowest BCUT2D eigenvalue weighted by molar-refractivity contribution is 1.13. The fourth-order valence-corrected chi connectivity index (χ4v) is 1.000. The van der Waals surface area contributed by atoms with Crippen molar-refractivity contribution >= 4 is 11.9 Å². The monoisotopic (exact) mass is 160 g/mol. The van der Waals surface area contributed by atoms with Crippen LogP contribution < -0.4 is 0 Å². The molecule has 0 heterocycles. The molecule has 0 aliphatic rings. The largest absolute Gasteiger partial charge is 0.306 e. The lowest BCUT2D eigenvalue weighted by Gasteiger charge is -1.98. The van der Waals surface area contributed by atoms with E-state index in [1.165, 1.54) is 6.21 Å². The van der Waals surface area contributed by atoms with Gasteiger partial charge in [-0.2, -0.15) is 0 Å². The van der Waals surface area contributed by atoms with E-state index in [0.717, 1.165) is 17.8 Å². The highest BCUT2D eigenvalue weighted by molar-refractivity contribution is 6.37. The lowest BCUT2D eigenvalue weighted by Crippen LogP contribution is -2.01. The first-order chi connectivity index (χ1) is 5.88. The normalized spacial score (nSPS) is 11.2. The van der Waals surface area contributed by atoms with Crippen molar-refractivity contribution in [2.45, 2.75) is 6.92 Å². The molecular formula is C10H12N2. The molecule has 1 aromatic rings. The summed E-state index contributed by atoms with van der Waals surface area (Å²) in [6, 6.07) is 9.77. The fourth-order valence-electron chi connectivity index (χ4n) is 1.000. The average molecular weight is 160 g/mol. The second-order valence-corrected chi connectivity index (χ2v) is 2.37. The van der Waals surface area contributed by atoms with Gasteiger partial charge in [-0.05, 0) is 6.92 Å². The Hall–Kier alpha value is -1.44. The molecule has 1 rings (SSSR count). The van der Waals surface area contributed by atoms with Crippen LogP contribution in [-0.4, -0.2) is 18.5 Å². The Morgan fingerprint density at radius 2 is 2.08 bits per heavy atom. The molecular weight excluding hydrogens is 148 g/mol. The lowest BCUT2D eigenvalue weighted by atomic mass is 10.1. The molecule has 2 nitrogen and oxygen atoms in total. The van der Waals surface area contributed by atoms with Crippen molar-refractivity contribution in [2.24, 2.45) is 4.99 Å². The molecule has 0 atom stereocenters. The molecule has 0 aliphatic carbocycles. The second kappa shape index (κ2) is 4.44. The second-order valence-electron chi connectivity index (χ2n) is 2.37. The van der Waals surface area contributed by atoms with Crippen molar-refractivity contribution in [3.63, 3.8) is 0 Å². The minimum absolute atomic E-state index is 0.722. The van der Waals surface area contributed by atoms with Crippen LogP contribution in [0, 0.1) is 5.41 Å². The van der Waals surface area contributed by atoms with Gasteiger partial charge in [0.15, 0.2) is 0 Å². The molecule has 0 radical (unpaired) electrons. The van der Waals surface area contributed by atoms with Crippen LogP contribution in [0.2, 0.25) is 0 Å². The summed E-state index contributed by atoms with van der Waals surface area (Å²) >= 11 is 0. The molecule has 2 heteroatoms. The van der Waals surface area contributed by atoms with Gasteiger partial charge in [-0.3, -0.25) is 4.99 Å². The Morgan fingerprint density at radius 1 is 1.42 bits per heavy atom. The predicted octanol–water partition coefficient (Wildman–Crippen LogP) is 2.15. The van der Waals surface area contributed by atoms with Gasteiger partial charge in [-0.1, -0.05) is 30.3 Å². The highest BCUT2D eigenvalue weighted by Gasteiger charge is 1.95. The topological polar surface area (TPSA) is 36.2 Å². The maximum absolute atomic E-state index is 7.14. The average Bonchev–Trinajstić information content (AvgIpc) is 2.15. The molecule has 62 valence electrons. The standard InChI is InChI=1S/C10H12N2/c1-2-12-10(8-11)9-6-4-3-5-7-9/h3-8,11H,2H2,1H3/b11-8?,12-10-. The molecule has 0 spiro atoms. The van der Waals surface area contributed by atoms with E-state index in [2.05, 4.69) is 4.99 Å². The maximum Gasteiger partial charge on any atom is 0.0821 e. The quantitative estimate of drug-likeness (QED) is 0.658. The van der Waals surface area contributed by atoms with Crippen molar-refractivity contribution in [2.75, 3.05) is 6.54 Å². The van der Waals surface area contributed by atoms with Crippen LogP contribution in [-0.2, 0) is 0 Å². The van der Waals surface area contributed by atoms with E-state index < -0.39 is 0 Å². The van der Waals surface area contributed by atoms with Gasteiger partial charge >= 0.3 is 0 Å². The molecule has 1 aromatic carbocycles. The SMILES string of the molecule is CC/N=C(/C=N)c1ccccc1. The van der Waals surface area contributed by atoms with Gasteiger partial charge in [0.1, 0.15) is 0 Å². The minimum Gasteiger partial charge on any atom is -0.306 e. The molecule has 1 N–H and O–H groups in total. The van der Waals surface area contributed by atoms with Crippen LogP contribution in [0.4, 0.5) is 0 Å². The van der Waals surface area contributed by atoms with E-state index in [4.69, 9.17) is 5.41 Å². The highest BCUT2D eigenvalue weighted by atomic mass is 14.7.